The predicted octanol–water partition coefficient (Wildman–Crippen LogP) is 1.09. The molecule has 0 N–H and O–H groups in total. The van der Waals surface area contributed by atoms with E-state index in [9.17, 15) is 10.1 Å². The first-order valence-electron chi connectivity index (χ1n) is 3.25. The van der Waals surface area contributed by atoms with Crippen LogP contribution in [-0.4, -0.2) is 15.3 Å². The van der Waals surface area contributed by atoms with Gasteiger partial charge in [0.1, 0.15) is 0 Å². The summed E-state index contributed by atoms with van der Waals surface area (Å²) in [4.78, 5) is 9.65. The predicted molar refractivity (Wildman–Crippen MR) is 37.8 cm³/mol. The number of nitrogens with zero attached hydrogens (tertiary/aromatic N) is 1. The Balaban J connectivity index is 2.46. The second-order valence-corrected chi connectivity index (χ2v) is 2.43. The second kappa shape index (κ2) is 2.16. The van der Waals surface area contributed by atoms with E-state index in [1.807, 2.05) is 0 Å². The van der Waals surface area contributed by atoms with Crippen LogP contribution in [0.1, 0.15) is 9.16 Å². The number of alkyl halides is 1. The van der Waals surface area contributed by atoms with Crippen molar-refractivity contribution in [3.05, 3.63) is 10.1 Å². The Hall–Kier alpha value is 0.130. The minimum absolute atomic E-state index is 0.372. The van der Waals surface area contributed by atoms with E-state index in [4.69, 9.17) is 2.74 Å². The van der Waals surface area contributed by atoms with Crippen molar-refractivity contribution in [2.24, 2.45) is 5.92 Å². The fourth-order valence-electron chi connectivity index (χ4n) is 0.532. The first-order chi connectivity index (χ1) is 4.43. The third kappa shape index (κ3) is 1.10. The van der Waals surface area contributed by atoms with Gasteiger partial charge in [0.25, 0.3) is 0 Å². The van der Waals surface area contributed by atoms with Gasteiger partial charge in [-0.3, -0.25) is 10.1 Å². The van der Waals surface area contributed by atoms with Gasteiger partial charge in [-0.2, -0.15) is 0 Å². The minimum Gasteiger partial charge on any atom is -0.264 e. The summed E-state index contributed by atoms with van der Waals surface area (Å²) in [5.74, 6) is -0.372. The Kier molecular flexibility index (Phi) is 1.09. The van der Waals surface area contributed by atoms with Gasteiger partial charge in [-0.15, -0.1) is 0 Å². The molecule has 0 amide bonds. The molecule has 0 unspecified atom stereocenters. The molecule has 3 nitrogen and oxygen atoms in total. The Morgan fingerprint density at radius 2 is 2.75 bits per heavy atom. The molecule has 1 aliphatic carbocycles. The Bertz CT molecular complexity index is 169. The van der Waals surface area contributed by atoms with E-state index >= 15 is 0 Å². The molecule has 0 spiro atoms. The third-order valence-electron chi connectivity index (χ3n) is 1.17. The van der Waals surface area contributed by atoms with Crippen molar-refractivity contribution in [2.75, 3.05) is 4.38 Å². The summed E-state index contributed by atoms with van der Waals surface area (Å²) in [5, 5.41) is 10.1. The molecule has 1 saturated carbocycles. The molecule has 4 heteroatoms. The van der Waals surface area contributed by atoms with Crippen molar-refractivity contribution in [3.8, 4) is 0 Å². The molecule has 1 rings (SSSR count). The lowest BCUT2D eigenvalue weighted by molar-refractivity contribution is -0.497. The number of halogens is 1. The van der Waals surface area contributed by atoms with Gasteiger partial charge in [0.15, 0.2) is 0 Å². The highest BCUT2D eigenvalue weighted by molar-refractivity contribution is 14.1. The van der Waals surface area contributed by atoms with E-state index in [2.05, 4.69) is 0 Å². The van der Waals surface area contributed by atoms with Gasteiger partial charge in [0, 0.05) is 24.4 Å². The van der Waals surface area contributed by atoms with Crippen LogP contribution in [0.15, 0.2) is 0 Å². The van der Waals surface area contributed by atoms with E-state index in [1.165, 1.54) is 0 Å². The van der Waals surface area contributed by atoms with E-state index in [1.54, 1.807) is 22.6 Å². The fourth-order valence-corrected chi connectivity index (χ4v) is 1.20. The third-order valence-corrected chi connectivity index (χ3v) is 1.97. The van der Waals surface area contributed by atoms with Crippen molar-refractivity contribution in [2.45, 2.75) is 12.5 Å². The zero-order chi connectivity index (χ0) is 7.94. The lowest BCUT2D eigenvalue weighted by Gasteiger charge is -1.83. The van der Waals surface area contributed by atoms with Gasteiger partial charge < -0.3 is 0 Å². The Morgan fingerprint density at radius 3 is 2.88 bits per heavy atom. The standard InChI is InChI=1S/C4H6INO2/c5-2-3-1-4(3)6(7)8/h3-4H,1-2H2/t3-,4+/m0/s1/i2D2. The van der Waals surface area contributed by atoms with Crippen molar-refractivity contribution in [1.29, 1.82) is 0 Å². The van der Waals surface area contributed by atoms with Gasteiger partial charge in [0.05, 0.1) is 0 Å². The first kappa shape index (κ1) is 4.03. The molecule has 1 fully saturated rings. The van der Waals surface area contributed by atoms with Crippen LogP contribution < -0.4 is 0 Å². The molecule has 0 aromatic rings. The summed E-state index contributed by atoms with van der Waals surface area (Å²) in [6.45, 7) is 0. The average molecular weight is 229 g/mol. The first-order valence-corrected chi connectivity index (χ1v) is 3.33. The van der Waals surface area contributed by atoms with Crippen LogP contribution in [0, 0.1) is 16.0 Å². The fraction of sp³-hybridized carbons (Fsp3) is 1.00. The molecule has 2 atom stereocenters. The summed E-state index contributed by atoms with van der Waals surface area (Å²) in [6, 6.07) is -0.633. The molecular weight excluding hydrogens is 221 g/mol. The maximum absolute atomic E-state index is 10.1. The van der Waals surface area contributed by atoms with Crippen LogP contribution in [0.5, 0.6) is 0 Å². The molecule has 0 saturated heterocycles. The van der Waals surface area contributed by atoms with Gasteiger partial charge in [-0.05, 0) is 0 Å². The average Bonchev–Trinajstić information content (AvgIpc) is 2.35. The quantitative estimate of drug-likeness (QED) is 0.308. The van der Waals surface area contributed by atoms with Crippen molar-refractivity contribution in [3.63, 3.8) is 0 Å². The lowest BCUT2D eigenvalue weighted by Crippen LogP contribution is -2.03. The number of rotatable bonds is 2. The zero-order valence-corrected chi connectivity index (χ0v) is 6.16. The topological polar surface area (TPSA) is 43.1 Å². The summed E-state index contributed by atoms with van der Waals surface area (Å²) in [7, 11) is 0. The van der Waals surface area contributed by atoms with E-state index in [-0.39, 0.29) is 5.92 Å². The SMILES string of the molecule is [2H]C([2H])(I)[C@@H]1C[C@H]1[N+](=O)[O-]. The van der Waals surface area contributed by atoms with Gasteiger partial charge in [-0.1, -0.05) is 22.6 Å². The van der Waals surface area contributed by atoms with Crippen molar-refractivity contribution in [1.82, 2.24) is 0 Å². The maximum atomic E-state index is 10.1. The molecule has 0 radical (unpaired) electrons. The summed E-state index contributed by atoms with van der Waals surface area (Å²) < 4.78 is 12.8. The molecule has 0 aromatic heterocycles. The molecule has 0 aliphatic heterocycles. The van der Waals surface area contributed by atoms with Crippen LogP contribution in [0.2, 0.25) is 0 Å². The molecule has 8 heavy (non-hydrogen) atoms. The second-order valence-electron chi connectivity index (χ2n) is 1.80. The molecule has 46 valence electrons. The highest BCUT2D eigenvalue weighted by atomic mass is 127. The van der Waals surface area contributed by atoms with Gasteiger partial charge in [-0.25, -0.2) is 0 Å². The number of hydrogen-bond acceptors (Lipinski definition) is 2. The monoisotopic (exact) mass is 229 g/mol. The van der Waals surface area contributed by atoms with Crippen LogP contribution >= 0.6 is 22.6 Å². The molecule has 0 aromatic carbocycles. The van der Waals surface area contributed by atoms with Crippen LogP contribution in [-0.2, 0) is 0 Å². The largest absolute Gasteiger partial charge is 0.264 e. The van der Waals surface area contributed by atoms with E-state index in [0.717, 1.165) is 0 Å². The van der Waals surface area contributed by atoms with Gasteiger partial charge >= 0.3 is 0 Å². The number of hydrogen-bond donors (Lipinski definition) is 0. The summed E-state index contributed by atoms with van der Waals surface area (Å²) in [6.07, 6.45) is 0.392. The molecule has 0 heterocycles. The normalized spacial score (nSPS) is 40.1. The zero-order valence-electron chi connectivity index (χ0n) is 6.00. The minimum atomic E-state index is -1.41. The molecule has 0 bridgehead atoms. The van der Waals surface area contributed by atoms with Crippen LogP contribution in [0.25, 0.3) is 0 Å². The highest BCUT2D eigenvalue weighted by Crippen LogP contribution is 2.34. The van der Waals surface area contributed by atoms with Crippen molar-refractivity contribution < 1.29 is 7.66 Å². The van der Waals surface area contributed by atoms with Gasteiger partial charge in [0.2, 0.25) is 6.04 Å². The smallest absolute Gasteiger partial charge is 0.217 e. The van der Waals surface area contributed by atoms with Crippen molar-refractivity contribution >= 4 is 22.6 Å². The Morgan fingerprint density at radius 1 is 2.12 bits per heavy atom. The lowest BCUT2D eigenvalue weighted by atomic mass is 10.5. The highest BCUT2D eigenvalue weighted by Gasteiger charge is 2.46. The maximum Gasteiger partial charge on any atom is 0.217 e. The Labute approximate surface area is 63.6 Å². The van der Waals surface area contributed by atoms with Crippen LogP contribution in [0.4, 0.5) is 0 Å². The van der Waals surface area contributed by atoms with Crippen LogP contribution in [0.3, 0.4) is 0 Å². The summed E-state index contributed by atoms with van der Waals surface area (Å²) >= 11 is 1.61. The molecular formula is C4H6INO2. The number of nitro groups is 1. The molecule has 1 aliphatic rings. The van der Waals surface area contributed by atoms with E-state index in [0.29, 0.717) is 6.42 Å². The van der Waals surface area contributed by atoms with E-state index < -0.39 is 15.3 Å². The summed E-state index contributed by atoms with van der Waals surface area (Å²) in [5.41, 5.74) is 0.